The Kier molecular flexibility index (Phi) is 4.38. The normalized spacial score (nSPS) is 15.8. The SMILES string of the molecule is CC1(C)CN(C(=O)c2ccccc2Cl)Cc2cc(C(=O)NO)sc21. The van der Waals surface area contributed by atoms with Crippen molar-refractivity contribution in [2.24, 2.45) is 0 Å². The lowest BCUT2D eigenvalue weighted by Crippen LogP contribution is -2.44. The van der Waals surface area contributed by atoms with Crippen LogP contribution in [0.5, 0.6) is 0 Å². The highest BCUT2D eigenvalue weighted by Gasteiger charge is 2.37. The van der Waals surface area contributed by atoms with Crippen LogP contribution in [0, 0.1) is 0 Å². The van der Waals surface area contributed by atoms with Gasteiger partial charge in [-0.2, -0.15) is 0 Å². The summed E-state index contributed by atoms with van der Waals surface area (Å²) in [5.74, 6) is -0.659. The van der Waals surface area contributed by atoms with Crippen LogP contribution in [0.1, 0.15) is 44.3 Å². The lowest BCUT2D eigenvalue weighted by molar-refractivity contribution is 0.0689. The molecule has 0 unspecified atom stereocenters. The van der Waals surface area contributed by atoms with Crippen molar-refractivity contribution in [2.45, 2.75) is 25.8 Å². The smallest absolute Gasteiger partial charge is 0.284 e. The van der Waals surface area contributed by atoms with Gasteiger partial charge in [-0.1, -0.05) is 37.6 Å². The van der Waals surface area contributed by atoms with Crippen molar-refractivity contribution >= 4 is 34.8 Å². The first-order valence-electron chi connectivity index (χ1n) is 7.45. The van der Waals surface area contributed by atoms with Crippen molar-refractivity contribution in [3.8, 4) is 0 Å². The molecule has 0 saturated carbocycles. The maximum atomic E-state index is 12.8. The van der Waals surface area contributed by atoms with Gasteiger partial charge in [-0.05, 0) is 23.8 Å². The van der Waals surface area contributed by atoms with Crippen LogP contribution in [0.2, 0.25) is 5.02 Å². The number of benzene rings is 1. The summed E-state index contributed by atoms with van der Waals surface area (Å²) in [7, 11) is 0. The van der Waals surface area contributed by atoms with Crippen LogP contribution in [0.3, 0.4) is 0 Å². The summed E-state index contributed by atoms with van der Waals surface area (Å²) in [6.45, 7) is 5.02. The fourth-order valence-corrected chi connectivity index (χ4v) is 4.42. The van der Waals surface area contributed by atoms with E-state index < -0.39 is 5.91 Å². The zero-order valence-corrected chi connectivity index (χ0v) is 14.9. The number of halogens is 1. The van der Waals surface area contributed by atoms with E-state index in [-0.39, 0.29) is 11.3 Å². The number of amides is 2. The number of carbonyl (C=O) groups excluding carboxylic acids is 2. The number of thiophene rings is 1. The van der Waals surface area contributed by atoms with Gasteiger partial charge in [-0.15, -0.1) is 11.3 Å². The van der Waals surface area contributed by atoms with E-state index >= 15 is 0 Å². The molecule has 2 heterocycles. The Morgan fingerprint density at radius 3 is 2.71 bits per heavy atom. The van der Waals surface area contributed by atoms with E-state index in [1.807, 2.05) is 13.8 Å². The van der Waals surface area contributed by atoms with E-state index in [0.717, 1.165) is 10.4 Å². The molecule has 0 fully saturated rings. The highest BCUT2D eigenvalue weighted by Crippen LogP contribution is 2.39. The van der Waals surface area contributed by atoms with Crippen molar-refractivity contribution in [1.29, 1.82) is 0 Å². The highest BCUT2D eigenvalue weighted by atomic mass is 35.5. The molecule has 1 aliphatic rings. The molecule has 1 aromatic carbocycles. The number of hydroxylamine groups is 1. The number of rotatable bonds is 2. The van der Waals surface area contributed by atoms with Crippen molar-refractivity contribution in [3.05, 3.63) is 56.2 Å². The lowest BCUT2D eigenvalue weighted by Gasteiger charge is -2.38. The third-order valence-electron chi connectivity index (χ3n) is 4.09. The van der Waals surface area contributed by atoms with E-state index in [4.69, 9.17) is 16.8 Å². The minimum absolute atomic E-state index is 0.126. The van der Waals surface area contributed by atoms with Crippen molar-refractivity contribution in [3.63, 3.8) is 0 Å². The fraction of sp³-hybridized carbons (Fsp3) is 0.294. The molecule has 0 saturated heterocycles. The second-order valence-electron chi connectivity index (χ2n) is 6.43. The molecule has 1 aliphatic heterocycles. The molecular weight excluding hydrogens is 348 g/mol. The maximum absolute atomic E-state index is 12.8. The van der Waals surface area contributed by atoms with Crippen LogP contribution in [0.4, 0.5) is 0 Å². The molecule has 0 atom stereocenters. The summed E-state index contributed by atoms with van der Waals surface area (Å²) < 4.78 is 0. The van der Waals surface area contributed by atoms with Gasteiger partial charge in [0.05, 0.1) is 15.5 Å². The number of hydrogen-bond donors (Lipinski definition) is 2. The zero-order valence-electron chi connectivity index (χ0n) is 13.3. The standard InChI is InChI=1S/C17H17ClN2O3S/c1-17(2)9-20(16(22)11-5-3-4-6-12(11)18)8-10-7-13(15(21)19-23)24-14(10)17/h3-7,23H,8-9H2,1-2H3,(H,19,21). The minimum Gasteiger partial charge on any atom is -0.333 e. The molecular formula is C17H17ClN2O3S. The second kappa shape index (κ2) is 6.20. The Morgan fingerprint density at radius 2 is 2.04 bits per heavy atom. The van der Waals surface area contributed by atoms with Gasteiger partial charge >= 0.3 is 0 Å². The molecule has 126 valence electrons. The van der Waals surface area contributed by atoms with Crippen LogP contribution in [-0.4, -0.2) is 28.5 Å². The Bertz CT molecular complexity index is 816. The van der Waals surface area contributed by atoms with E-state index in [0.29, 0.717) is 28.6 Å². The Labute approximate surface area is 148 Å². The molecule has 24 heavy (non-hydrogen) atoms. The van der Waals surface area contributed by atoms with Crippen LogP contribution < -0.4 is 5.48 Å². The van der Waals surface area contributed by atoms with E-state index in [1.54, 1.807) is 40.7 Å². The first kappa shape index (κ1) is 17.0. The Balaban J connectivity index is 1.95. The summed E-state index contributed by atoms with van der Waals surface area (Å²) in [6, 6.07) is 8.72. The van der Waals surface area contributed by atoms with Gasteiger partial charge in [0.25, 0.3) is 11.8 Å². The number of carbonyl (C=O) groups is 2. The van der Waals surface area contributed by atoms with Crippen molar-refractivity contribution in [1.82, 2.24) is 10.4 Å². The third kappa shape index (κ3) is 2.92. The Morgan fingerprint density at radius 1 is 1.33 bits per heavy atom. The number of nitrogens with one attached hydrogen (secondary N) is 1. The lowest BCUT2D eigenvalue weighted by atomic mass is 9.85. The molecule has 3 rings (SSSR count). The van der Waals surface area contributed by atoms with E-state index in [1.165, 1.54) is 11.3 Å². The summed E-state index contributed by atoms with van der Waals surface area (Å²) in [5, 5.41) is 9.25. The van der Waals surface area contributed by atoms with Gasteiger partial charge in [-0.3, -0.25) is 14.8 Å². The summed E-state index contributed by atoms with van der Waals surface area (Å²) in [6.07, 6.45) is 0. The first-order chi connectivity index (χ1) is 11.3. The summed E-state index contributed by atoms with van der Waals surface area (Å²) >= 11 is 7.50. The molecule has 2 N–H and O–H groups in total. The minimum atomic E-state index is -0.533. The van der Waals surface area contributed by atoms with Gasteiger partial charge in [0.2, 0.25) is 0 Å². The predicted molar refractivity (Wildman–Crippen MR) is 92.8 cm³/mol. The van der Waals surface area contributed by atoms with E-state index in [9.17, 15) is 9.59 Å². The molecule has 0 aliphatic carbocycles. The summed E-state index contributed by atoms with van der Waals surface area (Å²) in [4.78, 5) is 27.8. The predicted octanol–water partition coefficient (Wildman–Crippen LogP) is 3.45. The topological polar surface area (TPSA) is 69.6 Å². The van der Waals surface area contributed by atoms with Gasteiger partial charge in [-0.25, -0.2) is 5.48 Å². The molecule has 0 spiro atoms. The molecule has 7 heteroatoms. The molecule has 1 aromatic heterocycles. The molecule has 0 bridgehead atoms. The molecule has 5 nitrogen and oxygen atoms in total. The van der Waals surface area contributed by atoms with Gasteiger partial charge in [0.15, 0.2) is 0 Å². The average Bonchev–Trinajstić information content (AvgIpc) is 2.98. The maximum Gasteiger partial charge on any atom is 0.284 e. The highest BCUT2D eigenvalue weighted by molar-refractivity contribution is 7.14. The summed E-state index contributed by atoms with van der Waals surface area (Å²) in [5.41, 5.74) is 2.77. The number of nitrogens with zero attached hydrogens (tertiary/aromatic N) is 1. The second-order valence-corrected chi connectivity index (χ2v) is 7.89. The molecule has 2 aromatic rings. The quantitative estimate of drug-likeness (QED) is 0.633. The van der Waals surface area contributed by atoms with Gasteiger partial charge in [0, 0.05) is 23.4 Å². The van der Waals surface area contributed by atoms with Crippen LogP contribution in [-0.2, 0) is 12.0 Å². The van der Waals surface area contributed by atoms with Gasteiger partial charge < -0.3 is 4.90 Å². The van der Waals surface area contributed by atoms with Crippen molar-refractivity contribution in [2.75, 3.05) is 6.54 Å². The van der Waals surface area contributed by atoms with Crippen LogP contribution in [0.25, 0.3) is 0 Å². The van der Waals surface area contributed by atoms with Crippen LogP contribution in [0.15, 0.2) is 30.3 Å². The number of fused-ring (bicyclic) bond motifs is 1. The monoisotopic (exact) mass is 364 g/mol. The average molecular weight is 365 g/mol. The Hall–Kier alpha value is -1.89. The molecule has 2 amide bonds. The molecule has 0 radical (unpaired) electrons. The third-order valence-corrected chi connectivity index (χ3v) is 5.96. The van der Waals surface area contributed by atoms with Gasteiger partial charge in [0.1, 0.15) is 0 Å². The van der Waals surface area contributed by atoms with Crippen LogP contribution >= 0.6 is 22.9 Å². The zero-order chi connectivity index (χ0) is 17.5. The fourth-order valence-electron chi connectivity index (χ4n) is 3.05. The number of hydrogen-bond acceptors (Lipinski definition) is 4. The first-order valence-corrected chi connectivity index (χ1v) is 8.64. The largest absolute Gasteiger partial charge is 0.333 e. The van der Waals surface area contributed by atoms with Crippen molar-refractivity contribution < 1.29 is 14.8 Å². The van der Waals surface area contributed by atoms with E-state index in [2.05, 4.69) is 0 Å².